The van der Waals surface area contributed by atoms with Gasteiger partial charge in [0.25, 0.3) is 5.91 Å². The molecule has 0 saturated heterocycles. The molecule has 0 saturated carbocycles. The predicted octanol–water partition coefficient (Wildman–Crippen LogP) is 6.08. The number of hydrogen-bond acceptors (Lipinski definition) is 7. The highest BCUT2D eigenvalue weighted by Crippen LogP contribution is 2.45. The zero-order valence-electron chi connectivity index (χ0n) is 24.1. The molecule has 44 heavy (non-hydrogen) atoms. The van der Waals surface area contributed by atoms with Crippen molar-refractivity contribution in [2.45, 2.75) is 31.0 Å². The fourth-order valence-electron chi connectivity index (χ4n) is 5.06. The summed E-state index contributed by atoms with van der Waals surface area (Å²) in [6.45, 7) is 0.766. The largest absolute Gasteiger partial charge is 0.496 e. The minimum absolute atomic E-state index is 0.0523. The molecule has 0 radical (unpaired) electrons. The summed E-state index contributed by atoms with van der Waals surface area (Å²) in [7, 11) is 1.60. The van der Waals surface area contributed by atoms with Crippen LogP contribution in [0.3, 0.4) is 0 Å². The van der Waals surface area contributed by atoms with Gasteiger partial charge < -0.3 is 19.3 Å². The van der Waals surface area contributed by atoms with Crippen LogP contribution in [-0.4, -0.2) is 42.8 Å². The number of rotatable bonds is 13. The van der Waals surface area contributed by atoms with E-state index in [9.17, 15) is 4.79 Å². The molecule has 0 fully saturated rings. The van der Waals surface area contributed by atoms with Crippen molar-refractivity contribution in [2.75, 3.05) is 20.3 Å². The van der Waals surface area contributed by atoms with E-state index in [2.05, 4.69) is 10.9 Å². The SMILES string of the molecule is COc1ccccc1CNNC(=O)[C@@]1(Cc2ccccc2)N=C(c2ccc(OCCCO)cc2)O[C@H]1c1ccc(Cl)cc1Cl. The van der Waals surface area contributed by atoms with E-state index in [0.717, 1.165) is 11.1 Å². The third-order valence-corrected chi connectivity index (χ3v) is 7.83. The topological polar surface area (TPSA) is 101 Å². The second kappa shape index (κ2) is 14.6. The number of nitrogens with one attached hydrogen (secondary N) is 2. The Morgan fingerprint density at radius 3 is 2.48 bits per heavy atom. The van der Waals surface area contributed by atoms with Crippen molar-refractivity contribution in [1.29, 1.82) is 0 Å². The van der Waals surface area contributed by atoms with Crippen molar-refractivity contribution in [3.05, 3.63) is 129 Å². The first-order valence-corrected chi connectivity index (χ1v) is 14.9. The third kappa shape index (κ3) is 7.17. The average molecular weight is 635 g/mol. The number of benzene rings is 4. The highest BCUT2D eigenvalue weighted by atomic mass is 35.5. The Hall–Kier alpha value is -4.08. The Balaban J connectivity index is 1.52. The van der Waals surface area contributed by atoms with Gasteiger partial charge in [-0.25, -0.2) is 10.4 Å². The first-order valence-electron chi connectivity index (χ1n) is 14.2. The average Bonchev–Trinajstić information content (AvgIpc) is 3.42. The molecule has 8 nitrogen and oxygen atoms in total. The molecule has 228 valence electrons. The van der Waals surface area contributed by atoms with Gasteiger partial charge in [0.1, 0.15) is 11.5 Å². The molecule has 10 heteroatoms. The van der Waals surface area contributed by atoms with E-state index in [0.29, 0.717) is 58.1 Å². The number of aliphatic hydroxyl groups excluding tert-OH is 1. The Bertz CT molecular complexity index is 1600. The Morgan fingerprint density at radius 2 is 1.75 bits per heavy atom. The normalized spacial score (nSPS) is 17.5. The van der Waals surface area contributed by atoms with Crippen molar-refractivity contribution in [3.63, 3.8) is 0 Å². The molecule has 1 aliphatic heterocycles. The summed E-state index contributed by atoms with van der Waals surface area (Å²) < 4.78 is 17.7. The molecule has 1 aliphatic rings. The van der Waals surface area contributed by atoms with Gasteiger partial charge in [0, 0.05) is 52.7 Å². The van der Waals surface area contributed by atoms with Gasteiger partial charge in [0.2, 0.25) is 5.90 Å². The van der Waals surface area contributed by atoms with Crippen molar-refractivity contribution >= 4 is 35.0 Å². The van der Waals surface area contributed by atoms with Crippen LogP contribution in [0, 0.1) is 0 Å². The fraction of sp³-hybridized carbons (Fsp3) is 0.235. The van der Waals surface area contributed by atoms with E-state index >= 15 is 0 Å². The number of para-hydroxylation sites is 1. The second-order valence-corrected chi connectivity index (χ2v) is 11.1. The number of carbonyl (C=O) groups excluding carboxylic acids is 1. The summed E-state index contributed by atoms with van der Waals surface area (Å²) in [4.78, 5) is 19.4. The number of nitrogens with zero attached hydrogens (tertiary/aromatic N) is 1. The number of halogens is 2. The molecule has 5 rings (SSSR count). The molecule has 2 atom stereocenters. The van der Waals surface area contributed by atoms with Crippen LogP contribution in [0.2, 0.25) is 10.0 Å². The summed E-state index contributed by atoms with van der Waals surface area (Å²) in [6.07, 6.45) is -0.120. The van der Waals surface area contributed by atoms with E-state index in [4.69, 9.17) is 47.5 Å². The van der Waals surface area contributed by atoms with Gasteiger partial charge >= 0.3 is 0 Å². The molecule has 0 bridgehead atoms. The minimum atomic E-state index is -1.45. The molecular weight excluding hydrogens is 601 g/mol. The summed E-state index contributed by atoms with van der Waals surface area (Å²) in [5, 5.41) is 9.87. The lowest BCUT2D eigenvalue weighted by Gasteiger charge is -2.31. The highest BCUT2D eigenvalue weighted by molar-refractivity contribution is 6.35. The number of methoxy groups -OCH3 is 1. The molecule has 3 N–H and O–H groups in total. The van der Waals surface area contributed by atoms with Gasteiger partial charge in [-0.1, -0.05) is 77.8 Å². The third-order valence-electron chi connectivity index (χ3n) is 7.26. The molecule has 4 aromatic carbocycles. The number of hydrazine groups is 1. The van der Waals surface area contributed by atoms with Crippen LogP contribution in [0.25, 0.3) is 0 Å². The highest BCUT2D eigenvalue weighted by Gasteiger charge is 2.54. The smallest absolute Gasteiger partial charge is 0.266 e. The van der Waals surface area contributed by atoms with Crippen molar-refractivity contribution in [3.8, 4) is 11.5 Å². The summed E-state index contributed by atoms with van der Waals surface area (Å²) in [5.74, 6) is 1.24. The summed E-state index contributed by atoms with van der Waals surface area (Å²) >= 11 is 13.0. The van der Waals surface area contributed by atoms with Crippen molar-refractivity contribution < 1.29 is 24.1 Å². The Kier molecular flexibility index (Phi) is 10.4. The van der Waals surface area contributed by atoms with Gasteiger partial charge in [-0.05, 0) is 48.0 Å². The maximum atomic E-state index is 14.4. The van der Waals surface area contributed by atoms with E-state index in [-0.39, 0.29) is 13.0 Å². The molecule has 1 heterocycles. The van der Waals surface area contributed by atoms with Crippen LogP contribution >= 0.6 is 23.2 Å². The number of amides is 1. The number of carbonyl (C=O) groups is 1. The summed E-state index contributed by atoms with van der Waals surface area (Å²) in [5.41, 5.74) is 7.50. The van der Waals surface area contributed by atoms with Crippen LogP contribution in [-0.2, 0) is 22.5 Å². The van der Waals surface area contributed by atoms with Crippen LogP contribution in [0.15, 0.2) is 102 Å². The van der Waals surface area contributed by atoms with E-state index in [1.54, 1.807) is 37.4 Å². The molecule has 1 amide bonds. The molecule has 0 aromatic heterocycles. The summed E-state index contributed by atoms with van der Waals surface area (Å²) in [6, 6.07) is 29.6. The first-order chi connectivity index (χ1) is 21.4. The quantitative estimate of drug-likeness (QED) is 0.122. The second-order valence-electron chi connectivity index (χ2n) is 10.2. The van der Waals surface area contributed by atoms with Crippen LogP contribution < -0.4 is 20.3 Å². The monoisotopic (exact) mass is 633 g/mol. The zero-order valence-corrected chi connectivity index (χ0v) is 25.6. The lowest BCUT2D eigenvalue weighted by Crippen LogP contribution is -2.53. The maximum Gasteiger partial charge on any atom is 0.266 e. The number of hydrogen-bond donors (Lipinski definition) is 3. The van der Waals surface area contributed by atoms with E-state index < -0.39 is 17.6 Å². The zero-order chi connectivity index (χ0) is 30.9. The number of aliphatic hydroxyl groups is 1. The molecule has 0 unspecified atom stereocenters. The van der Waals surface area contributed by atoms with Gasteiger partial charge in [0.15, 0.2) is 11.6 Å². The standard InChI is InChI=1S/C34H33Cl2N3O5/c1-42-30-11-6-5-10-25(30)22-37-39-33(41)34(21-23-8-3-2-4-9-23)31(28-17-14-26(35)20-29(28)36)44-32(38-34)24-12-15-27(16-13-24)43-19-7-18-40/h2-6,8-17,20,31,37,40H,7,18-19,21-22H2,1H3,(H,39,41)/t31-,34-/m0/s1. The number of ether oxygens (including phenoxy) is 3. The minimum Gasteiger partial charge on any atom is -0.496 e. The van der Waals surface area contributed by atoms with Gasteiger partial charge in [-0.15, -0.1) is 0 Å². The van der Waals surface area contributed by atoms with E-state index in [1.807, 2.05) is 66.7 Å². The van der Waals surface area contributed by atoms with Crippen molar-refractivity contribution in [1.82, 2.24) is 10.9 Å². The van der Waals surface area contributed by atoms with E-state index in [1.165, 1.54) is 0 Å². The lowest BCUT2D eigenvalue weighted by molar-refractivity contribution is -0.130. The molecule has 0 spiro atoms. The van der Waals surface area contributed by atoms with Crippen LogP contribution in [0.4, 0.5) is 0 Å². The van der Waals surface area contributed by atoms with Gasteiger partial charge in [0.05, 0.1) is 13.7 Å². The van der Waals surface area contributed by atoms with Gasteiger partial charge in [-0.3, -0.25) is 10.2 Å². The molecular formula is C34H33Cl2N3O5. The van der Waals surface area contributed by atoms with Crippen LogP contribution in [0.1, 0.15) is 34.8 Å². The van der Waals surface area contributed by atoms with Crippen LogP contribution in [0.5, 0.6) is 11.5 Å². The Labute approximate surface area is 266 Å². The fourth-order valence-corrected chi connectivity index (χ4v) is 5.56. The first kappa shape index (κ1) is 31.3. The Morgan fingerprint density at radius 1 is 1.00 bits per heavy atom. The predicted molar refractivity (Wildman–Crippen MR) is 171 cm³/mol. The maximum absolute atomic E-state index is 14.4. The van der Waals surface area contributed by atoms with Gasteiger partial charge in [-0.2, -0.15) is 0 Å². The number of aliphatic imine (C=N–C) groups is 1. The molecule has 4 aromatic rings. The van der Waals surface area contributed by atoms with Crippen molar-refractivity contribution in [2.24, 2.45) is 4.99 Å². The lowest BCUT2D eigenvalue weighted by atomic mass is 9.82. The molecule has 0 aliphatic carbocycles.